The van der Waals surface area contributed by atoms with E-state index in [0.29, 0.717) is 13.2 Å². The molecule has 0 bridgehead atoms. The van der Waals surface area contributed by atoms with E-state index in [-0.39, 0.29) is 12.3 Å². The summed E-state index contributed by atoms with van der Waals surface area (Å²) in [7, 11) is -3.05. The zero-order valence-electron chi connectivity index (χ0n) is 11.7. The first kappa shape index (κ1) is 16.3. The summed E-state index contributed by atoms with van der Waals surface area (Å²) in [6.45, 7) is 2.79. The zero-order chi connectivity index (χ0) is 15.0. The lowest BCUT2D eigenvalue weighted by Gasteiger charge is -2.09. The molecule has 0 saturated carbocycles. The number of carbonyl (C=O) groups excluding carboxylic acids is 1. The van der Waals surface area contributed by atoms with Gasteiger partial charge in [-0.2, -0.15) is 0 Å². The summed E-state index contributed by atoms with van der Waals surface area (Å²) >= 11 is 0. The maximum absolute atomic E-state index is 11.3. The molecule has 0 aliphatic rings. The van der Waals surface area contributed by atoms with Crippen molar-refractivity contribution in [2.75, 3.05) is 31.7 Å². The number of benzene rings is 1. The largest absolute Gasteiger partial charge is 0.492 e. The third-order valence-electron chi connectivity index (χ3n) is 2.44. The smallest absolute Gasteiger partial charge is 0.314 e. The molecule has 1 aromatic rings. The Kier molecular flexibility index (Phi) is 6.30. The number of ether oxygens (including phenoxy) is 1. The van der Waals surface area contributed by atoms with Crippen molar-refractivity contribution in [2.45, 2.75) is 6.92 Å². The molecule has 1 rings (SSSR count). The average molecular weight is 300 g/mol. The second-order valence-electron chi connectivity index (χ2n) is 4.47. The molecule has 20 heavy (non-hydrogen) atoms. The Labute approximate surface area is 119 Å². The first-order valence-corrected chi connectivity index (χ1v) is 8.32. The first-order chi connectivity index (χ1) is 9.37. The van der Waals surface area contributed by atoms with Gasteiger partial charge in [0.1, 0.15) is 22.2 Å². The third-order valence-corrected chi connectivity index (χ3v) is 3.38. The van der Waals surface area contributed by atoms with E-state index in [0.717, 1.165) is 17.6 Å². The van der Waals surface area contributed by atoms with Gasteiger partial charge in [0.2, 0.25) is 0 Å². The lowest BCUT2D eigenvalue weighted by atomic mass is 10.2. The van der Waals surface area contributed by atoms with E-state index in [9.17, 15) is 13.2 Å². The number of hydrogen-bond donors (Lipinski definition) is 2. The highest BCUT2D eigenvalue weighted by molar-refractivity contribution is 7.90. The molecule has 2 amide bonds. The molecule has 0 spiro atoms. The van der Waals surface area contributed by atoms with Crippen molar-refractivity contribution in [1.29, 1.82) is 0 Å². The Balaban J connectivity index is 2.11. The summed E-state index contributed by atoms with van der Waals surface area (Å²) in [6, 6.07) is 7.21. The van der Waals surface area contributed by atoms with Gasteiger partial charge in [0.15, 0.2) is 0 Å². The normalized spacial score (nSPS) is 10.9. The van der Waals surface area contributed by atoms with Crippen LogP contribution in [0.25, 0.3) is 0 Å². The molecule has 0 aliphatic heterocycles. The average Bonchev–Trinajstić information content (AvgIpc) is 2.35. The quantitative estimate of drug-likeness (QED) is 0.727. The van der Waals surface area contributed by atoms with Gasteiger partial charge in [-0.15, -0.1) is 0 Å². The van der Waals surface area contributed by atoms with E-state index in [1.54, 1.807) is 0 Å². The standard InChI is InChI=1S/C13H20N2O4S/c1-11-3-5-12(6-4-11)19-9-7-14-13(16)15-8-10-20(2,17)18/h3-6H,7-10H2,1-2H3,(H2,14,15,16). The van der Waals surface area contributed by atoms with Crippen LogP contribution in [0.2, 0.25) is 0 Å². The molecule has 2 N–H and O–H groups in total. The maximum Gasteiger partial charge on any atom is 0.314 e. The summed E-state index contributed by atoms with van der Waals surface area (Å²) in [5.74, 6) is 0.676. The van der Waals surface area contributed by atoms with Crippen LogP contribution in [0.15, 0.2) is 24.3 Å². The number of rotatable bonds is 7. The van der Waals surface area contributed by atoms with Crippen molar-refractivity contribution >= 4 is 15.9 Å². The minimum atomic E-state index is -3.05. The van der Waals surface area contributed by atoms with Gasteiger partial charge in [-0.25, -0.2) is 13.2 Å². The van der Waals surface area contributed by atoms with Crippen LogP contribution in [0.4, 0.5) is 4.79 Å². The van der Waals surface area contributed by atoms with E-state index in [2.05, 4.69) is 10.6 Å². The van der Waals surface area contributed by atoms with Crippen molar-refractivity contribution in [2.24, 2.45) is 0 Å². The lowest BCUT2D eigenvalue weighted by Crippen LogP contribution is -2.39. The monoisotopic (exact) mass is 300 g/mol. The topological polar surface area (TPSA) is 84.5 Å². The van der Waals surface area contributed by atoms with E-state index < -0.39 is 15.9 Å². The molecular formula is C13H20N2O4S. The predicted molar refractivity (Wildman–Crippen MR) is 77.8 cm³/mol. The summed E-state index contributed by atoms with van der Waals surface area (Å²) in [5.41, 5.74) is 1.15. The van der Waals surface area contributed by atoms with Crippen molar-refractivity contribution in [3.05, 3.63) is 29.8 Å². The van der Waals surface area contributed by atoms with Crippen LogP contribution in [-0.2, 0) is 9.84 Å². The Morgan fingerprint density at radius 1 is 1.15 bits per heavy atom. The van der Waals surface area contributed by atoms with Crippen molar-refractivity contribution in [1.82, 2.24) is 10.6 Å². The number of nitrogens with one attached hydrogen (secondary N) is 2. The van der Waals surface area contributed by atoms with Crippen LogP contribution >= 0.6 is 0 Å². The van der Waals surface area contributed by atoms with Gasteiger partial charge in [0.05, 0.1) is 12.3 Å². The minimum Gasteiger partial charge on any atom is -0.492 e. The van der Waals surface area contributed by atoms with Gasteiger partial charge in [0.25, 0.3) is 0 Å². The molecule has 7 heteroatoms. The molecule has 0 radical (unpaired) electrons. The van der Waals surface area contributed by atoms with Gasteiger partial charge in [-0.1, -0.05) is 17.7 Å². The van der Waals surface area contributed by atoms with Crippen LogP contribution in [0, 0.1) is 6.92 Å². The third kappa shape index (κ3) is 7.63. The maximum atomic E-state index is 11.3. The van der Waals surface area contributed by atoms with E-state index in [1.165, 1.54) is 0 Å². The number of sulfone groups is 1. The number of aryl methyl sites for hydroxylation is 1. The van der Waals surface area contributed by atoms with Gasteiger partial charge in [0, 0.05) is 12.8 Å². The Bertz CT molecular complexity index is 526. The molecule has 0 saturated heterocycles. The minimum absolute atomic E-state index is 0.0692. The Hall–Kier alpha value is -1.76. The number of hydrogen-bond acceptors (Lipinski definition) is 4. The molecule has 1 aromatic carbocycles. The van der Waals surface area contributed by atoms with Crippen LogP contribution in [0.3, 0.4) is 0 Å². The molecule has 0 unspecified atom stereocenters. The predicted octanol–water partition coefficient (Wildman–Crippen LogP) is 0.718. The van der Waals surface area contributed by atoms with Gasteiger partial charge in [-0.3, -0.25) is 0 Å². The van der Waals surface area contributed by atoms with Crippen LogP contribution in [0.1, 0.15) is 5.56 Å². The molecule has 6 nitrogen and oxygen atoms in total. The Morgan fingerprint density at radius 3 is 2.35 bits per heavy atom. The second kappa shape index (κ2) is 7.74. The van der Waals surface area contributed by atoms with Crippen LogP contribution in [-0.4, -0.2) is 46.2 Å². The van der Waals surface area contributed by atoms with Crippen molar-refractivity contribution < 1.29 is 17.9 Å². The van der Waals surface area contributed by atoms with Crippen molar-refractivity contribution in [3.8, 4) is 5.75 Å². The summed E-state index contributed by atoms with van der Waals surface area (Å²) in [4.78, 5) is 11.3. The lowest BCUT2D eigenvalue weighted by molar-refractivity contribution is 0.237. The summed E-state index contributed by atoms with van der Waals surface area (Å²) in [6.07, 6.45) is 1.13. The van der Waals surface area contributed by atoms with Gasteiger partial charge >= 0.3 is 6.03 Å². The first-order valence-electron chi connectivity index (χ1n) is 6.26. The highest BCUT2D eigenvalue weighted by Crippen LogP contribution is 2.10. The summed E-state index contributed by atoms with van der Waals surface area (Å²) < 4.78 is 27.2. The fraction of sp³-hybridized carbons (Fsp3) is 0.462. The summed E-state index contributed by atoms with van der Waals surface area (Å²) in [5, 5.41) is 5.04. The fourth-order valence-electron chi connectivity index (χ4n) is 1.38. The van der Waals surface area contributed by atoms with Crippen LogP contribution < -0.4 is 15.4 Å². The molecular weight excluding hydrogens is 280 g/mol. The molecule has 0 aromatic heterocycles. The second-order valence-corrected chi connectivity index (χ2v) is 6.73. The SMILES string of the molecule is Cc1ccc(OCCNC(=O)NCCS(C)(=O)=O)cc1. The van der Waals surface area contributed by atoms with Gasteiger partial charge < -0.3 is 15.4 Å². The molecule has 0 fully saturated rings. The number of urea groups is 1. The number of carbonyl (C=O) groups is 1. The van der Waals surface area contributed by atoms with E-state index in [1.807, 2.05) is 31.2 Å². The molecule has 0 atom stereocenters. The van der Waals surface area contributed by atoms with Crippen molar-refractivity contribution in [3.63, 3.8) is 0 Å². The molecule has 112 valence electrons. The number of amides is 2. The Morgan fingerprint density at radius 2 is 1.75 bits per heavy atom. The van der Waals surface area contributed by atoms with Crippen LogP contribution in [0.5, 0.6) is 5.75 Å². The highest BCUT2D eigenvalue weighted by Gasteiger charge is 2.04. The highest BCUT2D eigenvalue weighted by atomic mass is 32.2. The van der Waals surface area contributed by atoms with E-state index in [4.69, 9.17) is 4.74 Å². The zero-order valence-corrected chi connectivity index (χ0v) is 12.5. The molecule has 0 aliphatic carbocycles. The van der Waals surface area contributed by atoms with Gasteiger partial charge in [-0.05, 0) is 19.1 Å². The van der Waals surface area contributed by atoms with E-state index >= 15 is 0 Å². The fourth-order valence-corrected chi connectivity index (χ4v) is 1.85. The molecule has 0 heterocycles.